The lowest BCUT2D eigenvalue weighted by Crippen LogP contribution is -2.13. The summed E-state index contributed by atoms with van der Waals surface area (Å²) in [5, 5.41) is 2.63. The summed E-state index contributed by atoms with van der Waals surface area (Å²) in [5.74, 6) is -0.773. The van der Waals surface area contributed by atoms with Gasteiger partial charge in [-0.3, -0.25) is 9.52 Å². The van der Waals surface area contributed by atoms with Gasteiger partial charge in [0.2, 0.25) is 0 Å². The molecule has 0 saturated heterocycles. The molecule has 1 aromatic heterocycles. The molecular weight excluding hydrogens is 443 g/mol. The molecule has 9 heteroatoms. The lowest BCUT2D eigenvalue weighted by atomic mass is 10.2. The number of rotatable bonds is 5. The van der Waals surface area contributed by atoms with Gasteiger partial charge in [-0.1, -0.05) is 0 Å². The molecule has 0 bridgehead atoms. The van der Waals surface area contributed by atoms with Gasteiger partial charge in [-0.05, 0) is 76.6 Å². The Kier molecular flexibility index (Phi) is 5.40. The van der Waals surface area contributed by atoms with E-state index in [0.717, 1.165) is 11.3 Å². The first-order chi connectivity index (χ1) is 12.3. The number of hydrogen-bond acceptors (Lipinski definition) is 4. The molecule has 0 aliphatic rings. The van der Waals surface area contributed by atoms with Crippen LogP contribution >= 0.6 is 27.3 Å². The van der Waals surface area contributed by atoms with Crippen LogP contribution in [-0.4, -0.2) is 14.3 Å². The minimum atomic E-state index is -3.68. The van der Waals surface area contributed by atoms with Gasteiger partial charge >= 0.3 is 0 Å². The van der Waals surface area contributed by atoms with Crippen LogP contribution in [0, 0.1) is 5.82 Å². The molecule has 0 aliphatic carbocycles. The van der Waals surface area contributed by atoms with Crippen molar-refractivity contribution in [2.45, 2.75) is 4.21 Å². The van der Waals surface area contributed by atoms with Crippen LogP contribution in [0.2, 0.25) is 0 Å². The highest BCUT2D eigenvalue weighted by Gasteiger charge is 2.17. The van der Waals surface area contributed by atoms with E-state index in [9.17, 15) is 17.6 Å². The zero-order valence-corrected chi connectivity index (χ0v) is 16.3. The number of halogens is 2. The van der Waals surface area contributed by atoms with Crippen LogP contribution in [0.25, 0.3) is 0 Å². The maximum absolute atomic E-state index is 12.9. The molecule has 0 aliphatic heterocycles. The summed E-state index contributed by atoms with van der Waals surface area (Å²) in [7, 11) is -3.68. The molecule has 3 aromatic rings. The Morgan fingerprint density at radius 2 is 1.54 bits per heavy atom. The molecule has 3 rings (SSSR count). The number of nitrogens with one attached hydrogen (secondary N) is 2. The Bertz CT molecular complexity index is 1030. The molecule has 0 atom stereocenters. The first-order valence-electron chi connectivity index (χ1n) is 7.29. The Balaban J connectivity index is 1.70. The molecule has 1 amide bonds. The van der Waals surface area contributed by atoms with Crippen LogP contribution in [0.3, 0.4) is 0 Å². The molecule has 2 aromatic carbocycles. The van der Waals surface area contributed by atoms with Crippen LogP contribution in [0.4, 0.5) is 15.8 Å². The molecule has 2 N–H and O–H groups in total. The minimum absolute atomic E-state index is 0.183. The number of anilines is 2. The summed E-state index contributed by atoms with van der Waals surface area (Å²) in [5.41, 5.74) is 1.15. The van der Waals surface area contributed by atoms with E-state index in [-0.39, 0.29) is 10.1 Å². The van der Waals surface area contributed by atoms with E-state index < -0.39 is 15.8 Å². The van der Waals surface area contributed by atoms with Gasteiger partial charge in [0.25, 0.3) is 15.9 Å². The van der Waals surface area contributed by atoms with E-state index in [0.29, 0.717) is 20.7 Å². The topological polar surface area (TPSA) is 75.3 Å². The molecule has 0 spiro atoms. The van der Waals surface area contributed by atoms with Gasteiger partial charge in [0.1, 0.15) is 10.0 Å². The zero-order chi connectivity index (χ0) is 18.7. The lowest BCUT2D eigenvalue weighted by molar-refractivity contribution is 0.102. The average molecular weight is 455 g/mol. The number of sulfonamides is 1. The van der Waals surface area contributed by atoms with Crippen molar-refractivity contribution >= 4 is 54.6 Å². The number of carbonyl (C=O) groups is 1. The summed E-state index contributed by atoms with van der Waals surface area (Å²) in [6.07, 6.45) is 0. The van der Waals surface area contributed by atoms with Gasteiger partial charge in [0.05, 0.1) is 3.79 Å². The monoisotopic (exact) mass is 454 g/mol. The second-order valence-electron chi connectivity index (χ2n) is 5.20. The zero-order valence-electron chi connectivity index (χ0n) is 13.1. The van der Waals surface area contributed by atoms with Crippen molar-refractivity contribution in [1.29, 1.82) is 0 Å². The Morgan fingerprint density at radius 1 is 0.923 bits per heavy atom. The van der Waals surface area contributed by atoms with E-state index in [2.05, 4.69) is 26.0 Å². The van der Waals surface area contributed by atoms with Crippen molar-refractivity contribution in [2.75, 3.05) is 10.0 Å². The summed E-state index contributed by atoms with van der Waals surface area (Å²) in [6.45, 7) is 0. The second-order valence-corrected chi connectivity index (χ2v) is 9.57. The summed E-state index contributed by atoms with van der Waals surface area (Å²) in [6, 6.07) is 14.6. The first-order valence-corrected chi connectivity index (χ1v) is 10.4. The fraction of sp³-hybridized carbons (Fsp3) is 0. The molecular formula is C17H12BrFN2O3S2. The largest absolute Gasteiger partial charge is 0.322 e. The Hall–Kier alpha value is -2.23. The summed E-state index contributed by atoms with van der Waals surface area (Å²) >= 11 is 4.33. The van der Waals surface area contributed by atoms with Crippen LogP contribution in [0.1, 0.15) is 10.4 Å². The normalized spacial score (nSPS) is 11.2. The van der Waals surface area contributed by atoms with Gasteiger partial charge in [-0.25, -0.2) is 12.8 Å². The van der Waals surface area contributed by atoms with Gasteiger partial charge in [-0.15, -0.1) is 11.3 Å². The SMILES string of the molecule is O=C(Nc1ccc(F)cc1)c1ccc(NS(=O)(=O)c2ccc(Br)s2)cc1. The third kappa shape index (κ3) is 4.48. The number of amides is 1. The van der Waals surface area contributed by atoms with E-state index in [1.807, 2.05) is 0 Å². The summed E-state index contributed by atoms with van der Waals surface area (Å²) in [4.78, 5) is 12.2. The fourth-order valence-electron chi connectivity index (χ4n) is 2.07. The highest BCUT2D eigenvalue weighted by Crippen LogP contribution is 2.27. The van der Waals surface area contributed by atoms with Crippen molar-refractivity contribution < 1.29 is 17.6 Å². The fourth-order valence-corrected chi connectivity index (χ4v) is 5.14. The average Bonchev–Trinajstić information content (AvgIpc) is 3.05. The Morgan fingerprint density at radius 3 is 2.12 bits per heavy atom. The third-order valence-corrected chi connectivity index (χ3v) is 6.81. The molecule has 1 heterocycles. The first kappa shape index (κ1) is 18.6. The van der Waals surface area contributed by atoms with E-state index in [1.54, 1.807) is 6.07 Å². The predicted molar refractivity (Wildman–Crippen MR) is 104 cm³/mol. The van der Waals surface area contributed by atoms with Crippen LogP contribution < -0.4 is 10.0 Å². The number of benzene rings is 2. The molecule has 0 fully saturated rings. The molecule has 26 heavy (non-hydrogen) atoms. The number of carbonyl (C=O) groups excluding carboxylic acids is 1. The van der Waals surface area contributed by atoms with E-state index >= 15 is 0 Å². The third-order valence-electron chi connectivity index (χ3n) is 3.31. The van der Waals surface area contributed by atoms with Crippen LogP contribution in [0.5, 0.6) is 0 Å². The number of thiophene rings is 1. The van der Waals surface area contributed by atoms with Crippen molar-refractivity contribution in [3.8, 4) is 0 Å². The van der Waals surface area contributed by atoms with Crippen molar-refractivity contribution in [3.63, 3.8) is 0 Å². The Labute approximate surface area is 162 Å². The molecule has 0 unspecified atom stereocenters. The van der Waals surface area contributed by atoms with E-state index in [4.69, 9.17) is 0 Å². The molecule has 5 nitrogen and oxygen atoms in total. The maximum Gasteiger partial charge on any atom is 0.271 e. The highest BCUT2D eigenvalue weighted by atomic mass is 79.9. The molecule has 0 saturated carbocycles. The second kappa shape index (κ2) is 7.56. The maximum atomic E-state index is 12.9. The summed E-state index contributed by atoms with van der Waals surface area (Å²) < 4.78 is 40.8. The quantitative estimate of drug-likeness (QED) is 0.586. The van der Waals surface area contributed by atoms with Gasteiger partial charge in [0.15, 0.2) is 0 Å². The van der Waals surface area contributed by atoms with Crippen LogP contribution in [-0.2, 0) is 10.0 Å². The highest BCUT2D eigenvalue weighted by molar-refractivity contribution is 9.11. The van der Waals surface area contributed by atoms with Gasteiger partial charge in [-0.2, -0.15) is 0 Å². The molecule has 134 valence electrons. The minimum Gasteiger partial charge on any atom is -0.322 e. The van der Waals surface area contributed by atoms with Crippen molar-refractivity contribution in [3.05, 3.63) is 75.8 Å². The number of hydrogen-bond donors (Lipinski definition) is 2. The lowest BCUT2D eigenvalue weighted by Gasteiger charge is -2.08. The van der Waals surface area contributed by atoms with Gasteiger partial charge < -0.3 is 5.32 Å². The van der Waals surface area contributed by atoms with Crippen LogP contribution in [0.15, 0.2) is 68.7 Å². The standard InChI is InChI=1S/C17H12BrFN2O3S2/c18-15-9-10-16(25-15)26(23,24)21-14-5-1-11(2-6-14)17(22)20-13-7-3-12(19)4-8-13/h1-10,21H,(H,20,22). The van der Waals surface area contributed by atoms with Crippen molar-refractivity contribution in [1.82, 2.24) is 0 Å². The van der Waals surface area contributed by atoms with Gasteiger partial charge in [0, 0.05) is 16.9 Å². The smallest absolute Gasteiger partial charge is 0.271 e. The van der Waals surface area contributed by atoms with Crippen molar-refractivity contribution in [2.24, 2.45) is 0 Å². The molecule has 0 radical (unpaired) electrons. The predicted octanol–water partition coefficient (Wildman–Crippen LogP) is 4.70. The van der Waals surface area contributed by atoms with E-state index in [1.165, 1.54) is 54.6 Å².